The van der Waals surface area contributed by atoms with Crippen LogP contribution in [0.5, 0.6) is 0 Å². The molecule has 3 rings (SSSR count). The van der Waals surface area contributed by atoms with Gasteiger partial charge in [-0.25, -0.2) is 4.79 Å². The van der Waals surface area contributed by atoms with Gasteiger partial charge in [0.15, 0.2) is 0 Å². The van der Waals surface area contributed by atoms with Gasteiger partial charge < -0.3 is 19.4 Å². The number of morpholine rings is 1. The van der Waals surface area contributed by atoms with Crippen molar-refractivity contribution in [3.8, 4) is 0 Å². The number of rotatable bonds is 5. The number of nitro groups is 1. The smallest absolute Gasteiger partial charge is 0.417 e. The van der Waals surface area contributed by atoms with E-state index in [-0.39, 0.29) is 5.69 Å². The normalized spacial score (nSPS) is 15.7. The molecule has 8 heteroatoms. The molecule has 0 spiro atoms. The molecule has 1 aromatic carbocycles. The van der Waals surface area contributed by atoms with E-state index in [0.29, 0.717) is 17.5 Å². The first kappa shape index (κ1) is 15.4. The Hall–Kier alpha value is -2.45. The van der Waals surface area contributed by atoms with Gasteiger partial charge in [0.05, 0.1) is 31.2 Å². The highest BCUT2D eigenvalue weighted by Gasteiger charge is 2.24. The van der Waals surface area contributed by atoms with Gasteiger partial charge in [0, 0.05) is 5.39 Å². The number of fused-ring (bicyclic) bond motifs is 1. The van der Waals surface area contributed by atoms with E-state index < -0.39 is 16.2 Å². The molecule has 122 valence electrons. The lowest BCUT2D eigenvalue weighted by Gasteiger charge is -2.23. The Morgan fingerprint density at radius 1 is 1.26 bits per heavy atom. The molecule has 1 aliphatic heterocycles. The predicted molar refractivity (Wildman–Crippen MR) is 84.0 cm³/mol. The molecule has 0 bridgehead atoms. The van der Waals surface area contributed by atoms with Crippen LogP contribution < -0.4 is 15.8 Å². The zero-order valence-electron chi connectivity index (χ0n) is 12.5. The van der Waals surface area contributed by atoms with Gasteiger partial charge in [0.2, 0.25) is 0 Å². The average Bonchev–Trinajstić information content (AvgIpc) is 2.55. The Labute approximate surface area is 131 Å². The molecule has 2 aromatic rings. The molecular formula is C15H18N3O5+. The highest BCUT2D eigenvalue weighted by atomic mass is 16.6. The number of hydrogen-bond donors (Lipinski definition) is 2. The Morgan fingerprint density at radius 3 is 2.74 bits per heavy atom. The van der Waals surface area contributed by atoms with Crippen LogP contribution in [0, 0.1) is 10.1 Å². The van der Waals surface area contributed by atoms with E-state index in [0.717, 1.165) is 32.8 Å². The summed E-state index contributed by atoms with van der Waals surface area (Å²) in [4.78, 5) is 23.8. The third kappa shape index (κ3) is 3.33. The minimum Gasteiger partial charge on any atom is -0.418 e. The molecule has 0 aliphatic carbocycles. The summed E-state index contributed by atoms with van der Waals surface area (Å²) in [5.74, 6) is 0. The fourth-order valence-corrected chi connectivity index (χ4v) is 2.76. The number of para-hydroxylation sites is 1. The van der Waals surface area contributed by atoms with Crippen molar-refractivity contribution in [3.63, 3.8) is 0 Å². The fraction of sp³-hybridized carbons (Fsp3) is 0.400. The summed E-state index contributed by atoms with van der Waals surface area (Å²) in [6.07, 6.45) is 0. The predicted octanol–water partition coefficient (Wildman–Crippen LogP) is 0.0282. The van der Waals surface area contributed by atoms with E-state index >= 15 is 0 Å². The summed E-state index contributed by atoms with van der Waals surface area (Å²) in [5, 5.41) is 14.8. The number of ether oxygens (including phenoxy) is 1. The van der Waals surface area contributed by atoms with E-state index in [1.54, 1.807) is 24.3 Å². The standard InChI is InChI=1S/C15H17N3O5/c19-15-14(18(20)21)13(11-3-1-2-4-12(11)23-15)16-5-6-17-7-9-22-10-8-17/h1-4,16H,5-10H2/p+1. The molecule has 0 atom stereocenters. The van der Waals surface area contributed by atoms with Gasteiger partial charge in [-0.05, 0) is 12.1 Å². The monoisotopic (exact) mass is 320 g/mol. The minimum absolute atomic E-state index is 0.231. The maximum atomic E-state index is 11.9. The zero-order valence-corrected chi connectivity index (χ0v) is 12.5. The number of nitrogens with one attached hydrogen (secondary N) is 2. The molecule has 1 saturated heterocycles. The molecule has 1 aliphatic rings. The first-order chi connectivity index (χ1) is 11.2. The first-order valence-corrected chi connectivity index (χ1v) is 7.52. The third-order valence-electron chi connectivity index (χ3n) is 3.95. The number of nitrogens with zero attached hydrogens (tertiary/aromatic N) is 1. The maximum absolute atomic E-state index is 11.9. The fourth-order valence-electron chi connectivity index (χ4n) is 2.76. The van der Waals surface area contributed by atoms with E-state index in [4.69, 9.17) is 9.15 Å². The van der Waals surface area contributed by atoms with Crippen molar-refractivity contribution >= 4 is 22.3 Å². The second-order valence-corrected chi connectivity index (χ2v) is 5.41. The second kappa shape index (κ2) is 6.76. The summed E-state index contributed by atoms with van der Waals surface area (Å²) in [5.41, 5.74) is -0.908. The number of hydrogen-bond acceptors (Lipinski definition) is 6. The molecule has 0 amide bonds. The molecule has 0 unspecified atom stereocenters. The van der Waals surface area contributed by atoms with Crippen LogP contribution in [0.15, 0.2) is 33.5 Å². The van der Waals surface area contributed by atoms with E-state index in [1.807, 2.05) is 0 Å². The van der Waals surface area contributed by atoms with Gasteiger partial charge in [-0.1, -0.05) is 12.1 Å². The van der Waals surface area contributed by atoms with Gasteiger partial charge >= 0.3 is 11.3 Å². The van der Waals surface area contributed by atoms with Crippen LogP contribution in [0.3, 0.4) is 0 Å². The molecule has 1 aromatic heterocycles. The van der Waals surface area contributed by atoms with Crippen LogP contribution in [0.25, 0.3) is 11.0 Å². The van der Waals surface area contributed by atoms with Crippen molar-refractivity contribution in [2.24, 2.45) is 0 Å². The third-order valence-corrected chi connectivity index (χ3v) is 3.95. The topological polar surface area (TPSA) is 99.0 Å². The van der Waals surface area contributed by atoms with E-state index in [1.165, 1.54) is 4.90 Å². The number of benzene rings is 1. The maximum Gasteiger partial charge on any atom is 0.417 e. The van der Waals surface area contributed by atoms with Crippen LogP contribution in [-0.2, 0) is 4.74 Å². The second-order valence-electron chi connectivity index (χ2n) is 5.41. The van der Waals surface area contributed by atoms with Crippen LogP contribution in [0.2, 0.25) is 0 Å². The zero-order chi connectivity index (χ0) is 16.2. The van der Waals surface area contributed by atoms with Gasteiger partial charge in [-0.15, -0.1) is 0 Å². The molecule has 2 heterocycles. The van der Waals surface area contributed by atoms with Crippen molar-refractivity contribution in [2.45, 2.75) is 0 Å². The Kier molecular flexibility index (Phi) is 4.54. The molecule has 8 nitrogen and oxygen atoms in total. The van der Waals surface area contributed by atoms with Crippen LogP contribution >= 0.6 is 0 Å². The van der Waals surface area contributed by atoms with Crippen molar-refractivity contribution < 1.29 is 19.0 Å². The molecular weight excluding hydrogens is 302 g/mol. The summed E-state index contributed by atoms with van der Waals surface area (Å²) in [7, 11) is 0. The molecule has 0 radical (unpaired) electrons. The van der Waals surface area contributed by atoms with Crippen molar-refractivity contribution in [2.75, 3.05) is 44.7 Å². The van der Waals surface area contributed by atoms with Gasteiger partial charge in [0.1, 0.15) is 24.4 Å². The van der Waals surface area contributed by atoms with Crippen LogP contribution in [0.4, 0.5) is 11.4 Å². The van der Waals surface area contributed by atoms with Crippen molar-refractivity contribution in [1.29, 1.82) is 0 Å². The van der Waals surface area contributed by atoms with Gasteiger partial charge in [-0.2, -0.15) is 0 Å². The van der Waals surface area contributed by atoms with Crippen molar-refractivity contribution in [1.82, 2.24) is 0 Å². The van der Waals surface area contributed by atoms with Gasteiger partial charge in [-0.3, -0.25) is 10.1 Å². The highest BCUT2D eigenvalue weighted by Crippen LogP contribution is 2.29. The lowest BCUT2D eigenvalue weighted by Crippen LogP contribution is -3.14. The lowest BCUT2D eigenvalue weighted by atomic mass is 10.2. The minimum atomic E-state index is -0.935. The molecule has 1 fully saturated rings. The largest absolute Gasteiger partial charge is 0.418 e. The SMILES string of the molecule is O=c1oc2ccccc2c(NCC[NH+]2CCOCC2)c1[N+](=O)[O-]. The molecule has 2 N–H and O–H groups in total. The average molecular weight is 320 g/mol. The van der Waals surface area contributed by atoms with Crippen LogP contribution in [0.1, 0.15) is 0 Å². The summed E-state index contributed by atoms with van der Waals surface area (Å²) in [6.45, 7) is 4.63. The van der Waals surface area contributed by atoms with Crippen LogP contribution in [-0.4, -0.2) is 44.3 Å². The summed E-state index contributed by atoms with van der Waals surface area (Å²) >= 11 is 0. The molecule has 0 saturated carbocycles. The number of anilines is 1. The Bertz CT molecular complexity index is 767. The summed E-state index contributed by atoms with van der Waals surface area (Å²) < 4.78 is 10.3. The van der Waals surface area contributed by atoms with Gasteiger partial charge in [0.25, 0.3) is 0 Å². The Balaban J connectivity index is 1.86. The lowest BCUT2D eigenvalue weighted by molar-refractivity contribution is -0.906. The first-order valence-electron chi connectivity index (χ1n) is 7.52. The Morgan fingerprint density at radius 2 is 2.00 bits per heavy atom. The molecule has 23 heavy (non-hydrogen) atoms. The van der Waals surface area contributed by atoms with E-state index in [2.05, 4.69) is 5.32 Å². The highest BCUT2D eigenvalue weighted by molar-refractivity contribution is 5.94. The quantitative estimate of drug-likeness (QED) is 0.458. The number of quaternary nitrogens is 1. The van der Waals surface area contributed by atoms with Crippen molar-refractivity contribution in [3.05, 3.63) is 44.8 Å². The van der Waals surface area contributed by atoms with E-state index in [9.17, 15) is 14.9 Å². The summed E-state index contributed by atoms with van der Waals surface area (Å²) in [6, 6.07) is 6.80.